The highest BCUT2D eigenvalue weighted by molar-refractivity contribution is 6.30. The summed E-state index contributed by atoms with van der Waals surface area (Å²) in [4.78, 5) is 40.1. The van der Waals surface area contributed by atoms with Gasteiger partial charge in [0, 0.05) is 17.6 Å². The predicted octanol–water partition coefficient (Wildman–Crippen LogP) is 3.07. The van der Waals surface area contributed by atoms with Gasteiger partial charge in [-0.2, -0.15) is 0 Å². The van der Waals surface area contributed by atoms with E-state index in [-0.39, 0.29) is 36.2 Å². The van der Waals surface area contributed by atoms with E-state index in [4.69, 9.17) is 11.6 Å². The molecule has 1 aliphatic heterocycles. The third kappa shape index (κ3) is 3.05. The van der Waals surface area contributed by atoms with Gasteiger partial charge in [0.1, 0.15) is 6.67 Å². The van der Waals surface area contributed by atoms with Gasteiger partial charge in [0.15, 0.2) is 0 Å². The van der Waals surface area contributed by atoms with Crippen LogP contribution in [0, 0.1) is 17.8 Å². The number of anilines is 1. The summed E-state index contributed by atoms with van der Waals surface area (Å²) in [5.74, 6) is -0.521. The maximum absolute atomic E-state index is 12.7. The summed E-state index contributed by atoms with van der Waals surface area (Å²) in [7, 11) is 0. The third-order valence-corrected chi connectivity index (χ3v) is 5.30. The number of hydrogen-bond donors (Lipinski definition) is 0. The van der Waals surface area contributed by atoms with Crippen molar-refractivity contribution < 1.29 is 14.4 Å². The molecular formula is C18H21ClN2O3. The predicted molar refractivity (Wildman–Crippen MR) is 91.3 cm³/mol. The topological polar surface area (TPSA) is 57.7 Å². The molecule has 0 bridgehead atoms. The highest BCUT2D eigenvalue weighted by atomic mass is 35.5. The van der Waals surface area contributed by atoms with Crippen molar-refractivity contribution in [3.63, 3.8) is 0 Å². The lowest BCUT2D eigenvalue weighted by Crippen LogP contribution is -2.44. The Morgan fingerprint density at radius 3 is 2.62 bits per heavy atom. The molecule has 0 unspecified atom stereocenters. The molecule has 1 saturated heterocycles. The number of halogens is 1. The van der Waals surface area contributed by atoms with Crippen molar-refractivity contribution in [2.45, 2.75) is 33.1 Å². The second-order valence-corrected chi connectivity index (χ2v) is 7.24. The normalized spacial score (nSPS) is 26.5. The lowest BCUT2D eigenvalue weighted by Gasteiger charge is -2.26. The number of rotatable bonds is 3. The van der Waals surface area contributed by atoms with Crippen LogP contribution in [0.5, 0.6) is 0 Å². The molecule has 3 rings (SSSR count). The number of imide groups is 1. The molecular weight excluding hydrogens is 328 g/mol. The maximum atomic E-state index is 12.7. The summed E-state index contributed by atoms with van der Waals surface area (Å²) < 4.78 is 0. The van der Waals surface area contributed by atoms with E-state index in [0.717, 1.165) is 19.3 Å². The Morgan fingerprint density at radius 2 is 1.96 bits per heavy atom. The molecule has 0 aromatic heterocycles. The number of hydrogen-bond acceptors (Lipinski definition) is 3. The van der Waals surface area contributed by atoms with Crippen molar-refractivity contribution in [3.8, 4) is 0 Å². The molecule has 128 valence electrons. The molecule has 1 aromatic carbocycles. The highest BCUT2D eigenvalue weighted by Gasteiger charge is 2.49. The van der Waals surface area contributed by atoms with Gasteiger partial charge in [-0.1, -0.05) is 24.6 Å². The van der Waals surface area contributed by atoms with Gasteiger partial charge >= 0.3 is 0 Å². The Bertz CT molecular complexity index is 691. The largest absolute Gasteiger partial charge is 0.294 e. The van der Waals surface area contributed by atoms with Gasteiger partial charge in [0.25, 0.3) is 0 Å². The fourth-order valence-corrected chi connectivity index (χ4v) is 3.93. The van der Waals surface area contributed by atoms with Crippen LogP contribution in [0.25, 0.3) is 0 Å². The van der Waals surface area contributed by atoms with Gasteiger partial charge in [0.2, 0.25) is 17.7 Å². The molecule has 1 aromatic rings. The standard InChI is InChI=1S/C18H21ClN2O3/c1-11-6-7-15-16(8-11)18(24)21(17(15)23)10-20(12(2)22)14-5-3-4-13(19)9-14/h3-5,9,11,15-16H,6-8,10H2,1-2H3/t11-,15-,16+/m0/s1. The van der Waals surface area contributed by atoms with Crippen molar-refractivity contribution in [2.24, 2.45) is 17.8 Å². The Hall–Kier alpha value is -1.88. The van der Waals surface area contributed by atoms with E-state index < -0.39 is 0 Å². The lowest BCUT2D eigenvalue weighted by atomic mass is 9.76. The molecule has 1 saturated carbocycles. The van der Waals surface area contributed by atoms with Gasteiger partial charge in [-0.25, -0.2) is 0 Å². The monoisotopic (exact) mass is 348 g/mol. The smallest absolute Gasteiger partial charge is 0.234 e. The number of amides is 3. The Morgan fingerprint density at radius 1 is 1.25 bits per heavy atom. The van der Waals surface area contributed by atoms with Crippen LogP contribution >= 0.6 is 11.6 Å². The molecule has 0 spiro atoms. The summed E-state index contributed by atoms with van der Waals surface area (Å²) in [6, 6.07) is 6.85. The minimum Gasteiger partial charge on any atom is -0.294 e. The SMILES string of the molecule is CC(=O)N(CN1C(=O)[C@H]2CC[C@H](C)C[C@H]2C1=O)c1cccc(Cl)c1. The summed E-state index contributed by atoms with van der Waals surface area (Å²) in [5, 5.41) is 0.500. The van der Waals surface area contributed by atoms with Crippen LogP contribution in [-0.4, -0.2) is 29.3 Å². The molecule has 0 N–H and O–H groups in total. The van der Waals surface area contributed by atoms with Crippen molar-refractivity contribution in [1.82, 2.24) is 4.90 Å². The minimum atomic E-state index is -0.235. The molecule has 1 aliphatic carbocycles. The quantitative estimate of drug-likeness (QED) is 0.789. The average Bonchev–Trinajstić information content (AvgIpc) is 2.76. The molecule has 2 fully saturated rings. The molecule has 2 aliphatic rings. The molecule has 6 heteroatoms. The van der Waals surface area contributed by atoms with Crippen LogP contribution in [0.4, 0.5) is 5.69 Å². The third-order valence-electron chi connectivity index (χ3n) is 5.06. The second-order valence-electron chi connectivity index (χ2n) is 6.80. The van der Waals surface area contributed by atoms with Gasteiger partial charge in [-0.05, 0) is 43.4 Å². The van der Waals surface area contributed by atoms with Crippen molar-refractivity contribution in [2.75, 3.05) is 11.6 Å². The summed E-state index contributed by atoms with van der Waals surface area (Å²) in [6.45, 7) is 3.49. The fraction of sp³-hybridized carbons (Fsp3) is 0.500. The number of nitrogens with zero attached hydrogens (tertiary/aromatic N) is 2. The first-order valence-electron chi connectivity index (χ1n) is 8.27. The van der Waals surface area contributed by atoms with E-state index in [1.165, 1.54) is 16.7 Å². The minimum absolute atomic E-state index is 0.0469. The van der Waals surface area contributed by atoms with Crippen LogP contribution < -0.4 is 4.90 Å². The van der Waals surface area contributed by atoms with E-state index in [0.29, 0.717) is 16.6 Å². The van der Waals surface area contributed by atoms with Crippen LogP contribution in [0.15, 0.2) is 24.3 Å². The number of fused-ring (bicyclic) bond motifs is 1. The average molecular weight is 349 g/mol. The highest BCUT2D eigenvalue weighted by Crippen LogP contribution is 2.40. The number of likely N-dealkylation sites (tertiary alicyclic amines) is 1. The Kier molecular flexibility index (Phi) is 4.63. The molecule has 5 nitrogen and oxygen atoms in total. The Labute approximate surface area is 146 Å². The first-order valence-corrected chi connectivity index (χ1v) is 8.65. The van der Waals surface area contributed by atoms with Crippen LogP contribution in [0.3, 0.4) is 0 Å². The van der Waals surface area contributed by atoms with Crippen molar-refractivity contribution >= 4 is 35.0 Å². The maximum Gasteiger partial charge on any atom is 0.234 e. The zero-order valence-corrected chi connectivity index (χ0v) is 14.6. The van der Waals surface area contributed by atoms with Gasteiger partial charge in [-0.3, -0.25) is 24.2 Å². The van der Waals surface area contributed by atoms with E-state index in [1.54, 1.807) is 24.3 Å². The molecule has 3 atom stereocenters. The van der Waals surface area contributed by atoms with Crippen molar-refractivity contribution in [1.29, 1.82) is 0 Å². The van der Waals surface area contributed by atoms with Crippen molar-refractivity contribution in [3.05, 3.63) is 29.3 Å². The van der Waals surface area contributed by atoms with Gasteiger partial charge < -0.3 is 0 Å². The fourth-order valence-electron chi connectivity index (χ4n) is 3.75. The zero-order valence-electron chi connectivity index (χ0n) is 13.9. The van der Waals surface area contributed by atoms with E-state index in [2.05, 4.69) is 6.92 Å². The second kappa shape index (κ2) is 6.55. The molecule has 3 amide bonds. The van der Waals surface area contributed by atoms with E-state index in [1.807, 2.05) is 0 Å². The number of carbonyl (C=O) groups excluding carboxylic acids is 3. The van der Waals surface area contributed by atoms with Crippen LogP contribution in [0.1, 0.15) is 33.1 Å². The first-order chi connectivity index (χ1) is 11.4. The van der Waals surface area contributed by atoms with Gasteiger partial charge in [-0.15, -0.1) is 0 Å². The molecule has 0 radical (unpaired) electrons. The van der Waals surface area contributed by atoms with Crippen LogP contribution in [0.2, 0.25) is 5.02 Å². The van der Waals surface area contributed by atoms with E-state index in [9.17, 15) is 14.4 Å². The lowest BCUT2D eigenvalue weighted by molar-refractivity contribution is -0.140. The summed E-state index contributed by atoms with van der Waals surface area (Å²) in [5.41, 5.74) is 0.582. The zero-order chi connectivity index (χ0) is 17.4. The van der Waals surface area contributed by atoms with E-state index >= 15 is 0 Å². The number of benzene rings is 1. The first kappa shape index (κ1) is 17.0. The number of carbonyl (C=O) groups is 3. The summed E-state index contributed by atoms with van der Waals surface area (Å²) >= 11 is 6.00. The Balaban J connectivity index is 1.84. The molecule has 1 heterocycles. The summed E-state index contributed by atoms with van der Waals surface area (Å²) in [6.07, 6.45) is 2.48. The molecule has 24 heavy (non-hydrogen) atoms. The van der Waals surface area contributed by atoms with Crippen LogP contribution in [-0.2, 0) is 14.4 Å². The van der Waals surface area contributed by atoms with Gasteiger partial charge in [0.05, 0.1) is 11.8 Å².